The van der Waals surface area contributed by atoms with Crippen molar-refractivity contribution in [3.05, 3.63) is 35.6 Å². The average Bonchev–Trinajstić information content (AvgIpc) is 2.48. The van der Waals surface area contributed by atoms with Crippen molar-refractivity contribution in [1.29, 1.82) is 0 Å². The van der Waals surface area contributed by atoms with Crippen LogP contribution < -0.4 is 10.6 Å². The molecule has 0 saturated carbocycles. The molecule has 0 aromatic heterocycles. The molecule has 0 radical (unpaired) electrons. The molecule has 1 aromatic rings. The van der Waals surface area contributed by atoms with E-state index in [0.717, 1.165) is 0 Å². The average molecular weight is 485 g/mol. The molecule has 2 N–H and O–H groups in total. The Labute approximate surface area is 167 Å². The Bertz CT molecular complexity index is 658. The van der Waals surface area contributed by atoms with Crippen molar-refractivity contribution in [3.8, 4) is 0 Å². The van der Waals surface area contributed by atoms with Gasteiger partial charge in [-0.2, -0.15) is 0 Å². The van der Waals surface area contributed by atoms with Gasteiger partial charge in [-0.1, -0.05) is 18.2 Å². The van der Waals surface area contributed by atoms with E-state index in [1.165, 1.54) is 6.07 Å². The van der Waals surface area contributed by atoms with Crippen molar-refractivity contribution in [2.24, 2.45) is 4.99 Å². The lowest BCUT2D eigenvalue weighted by Gasteiger charge is -2.18. The molecule has 144 valence electrons. The summed E-state index contributed by atoms with van der Waals surface area (Å²) in [7, 11) is -3.19. The van der Waals surface area contributed by atoms with Gasteiger partial charge in [-0.05, 0) is 45.7 Å². The molecule has 0 atom stereocenters. The summed E-state index contributed by atoms with van der Waals surface area (Å²) in [4.78, 5) is 4.29. The number of aliphatic imine (C=N–C) groups is 1. The lowest BCUT2D eigenvalue weighted by molar-refractivity contribution is 0.560. The number of guanidine groups is 1. The monoisotopic (exact) mass is 485 g/mol. The third-order valence-electron chi connectivity index (χ3n) is 3.55. The fourth-order valence-electron chi connectivity index (χ4n) is 1.94. The van der Waals surface area contributed by atoms with Gasteiger partial charge in [-0.15, -0.1) is 24.0 Å². The van der Waals surface area contributed by atoms with Gasteiger partial charge in [-0.25, -0.2) is 12.8 Å². The topological polar surface area (TPSA) is 70.6 Å². The first-order valence-corrected chi connectivity index (χ1v) is 9.80. The normalized spacial score (nSPS) is 12.4. The number of nitrogens with one attached hydrogen (secondary N) is 2. The largest absolute Gasteiger partial charge is 0.357 e. The summed E-state index contributed by atoms with van der Waals surface area (Å²) in [6.07, 6.45) is 0.525. The molecular weight excluding hydrogens is 456 g/mol. The van der Waals surface area contributed by atoms with Gasteiger partial charge in [0, 0.05) is 13.1 Å². The summed E-state index contributed by atoms with van der Waals surface area (Å²) >= 11 is 0. The van der Waals surface area contributed by atoms with E-state index in [9.17, 15) is 12.8 Å². The number of halogens is 2. The maximum absolute atomic E-state index is 13.6. The molecule has 0 bridgehead atoms. The van der Waals surface area contributed by atoms with Gasteiger partial charge in [0.05, 0.1) is 17.0 Å². The van der Waals surface area contributed by atoms with Gasteiger partial charge in [0.25, 0.3) is 0 Å². The highest BCUT2D eigenvalue weighted by atomic mass is 127. The molecule has 0 unspecified atom stereocenters. The predicted octanol–water partition coefficient (Wildman–Crippen LogP) is 2.75. The number of rotatable bonds is 7. The third-order valence-corrected chi connectivity index (χ3v) is 6.14. The maximum atomic E-state index is 13.6. The maximum Gasteiger partial charge on any atom is 0.191 e. The van der Waals surface area contributed by atoms with E-state index in [2.05, 4.69) is 15.6 Å². The lowest BCUT2D eigenvalue weighted by Crippen LogP contribution is -2.39. The zero-order chi connectivity index (χ0) is 18.2. The molecule has 0 heterocycles. The minimum absolute atomic E-state index is 0. The third kappa shape index (κ3) is 8.35. The first-order chi connectivity index (χ1) is 11.2. The smallest absolute Gasteiger partial charge is 0.191 e. The van der Waals surface area contributed by atoms with Crippen LogP contribution in [0.15, 0.2) is 29.3 Å². The standard InChI is InChI=1S/C17H28FN3O2S.HI/c1-5-19-16(21-12-13-24(22,23)17(2,3)4)20-11-10-14-8-6-7-9-15(14)18;/h6-9H,5,10-13H2,1-4H3,(H2,19,20,21);1H. The van der Waals surface area contributed by atoms with Crippen LogP contribution in [0.3, 0.4) is 0 Å². The van der Waals surface area contributed by atoms with E-state index in [0.29, 0.717) is 31.0 Å². The molecule has 1 aromatic carbocycles. The Morgan fingerprint density at radius 3 is 2.40 bits per heavy atom. The van der Waals surface area contributed by atoms with Crippen LogP contribution in [-0.2, 0) is 16.3 Å². The number of nitrogens with zero attached hydrogens (tertiary/aromatic N) is 1. The zero-order valence-corrected chi connectivity index (χ0v) is 18.4. The molecule has 8 heteroatoms. The highest BCUT2D eigenvalue weighted by molar-refractivity contribution is 14.0. The van der Waals surface area contributed by atoms with Crippen molar-refractivity contribution in [2.75, 3.05) is 25.4 Å². The van der Waals surface area contributed by atoms with Crippen molar-refractivity contribution in [3.63, 3.8) is 0 Å². The van der Waals surface area contributed by atoms with Gasteiger partial charge >= 0.3 is 0 Å². The first kappa shape index (κ1) is 24.1. The van der Waals surface area contributed by atoms with Crippen LogP contribution in [0.4, 0.5) is 4.39 Å². The summed E-state index contributed by atoms with van der Waals surface area (Å²) < 4.78 is 36.9. The minimum atomic E-state index is -3.19. The zero-order valence-electron chi connectivity index (χ0n) is 15.3. The number of hydrogen-bond acceptors (Lipinski definition) is 3. The van der Waals surface area contributed by atoms with E-state index >= 15 is 0 Å². The van der Waals surface area contributed by atoms with Gasteiger partial charge in [0.1, 0.15) is 5.82 Å². The molecule has 0 aliphatic carbocycles. The number of benzene rings is 1. The number of sulfone groups is 1. The lowest BCUT2D eigenvalue weighted by atomic mass is 10.1. The highest BCUT2D eigenvalue weighted by Gasteiger charge is 2.28. The molecule has 0 spiro atoms. The summed E-state index contributed by atoms with van der Waals surface area (Å²) in [5, 5.41) is 6.16. The second-order valence-electron chi connectivity index (χ2n) is 6.46. The second-order valence-corrected chi connectivity index (χ2v) is 9.32. The van der Waals surface area contributed by atoms with Crippen LogP contribution in [0, 0.1) is 5.82 Å². The molecule has 5 nitrogen and oxygen atoms in total. The van der Waals surface area contributed by atoms with Gasteiger partial charge in [0.2, 0.25) is 0 Å². The molecule has 0 amide bonds. The van der Waals surface area contributed by atoms with E-state index < -0.39 is 14.6 Å². The first-order valence-electron chi connectivity index (χ1n) is 8.15. The summed E-state index contributed by atoms with van der Waals surface area (Å²) in [5.74, 6) is 0.316. The highest BCUT2D eigenvalue weighted by Crippen LogP contribution is 2.15. The van der Waals surface area contributed by atoms with E-state index in [1.54, 1.807) is 39.0 Å². The summed E-state index contributed by atoms with van der Waals surface area (Å²) in [5.41, 5.74) is 0.635. The SMILES string of the molecule is CCNC(=NCCS(=O)(=O)C(C)(C)C)NCCc1ccccc1F.I. The van der Waals surface area contributed by atoms with Crippen LogP contribution in [0.2, 0.25) is 0 Å². The van der Waals surface area contributed by atoms with Crippen molar-refractivity contribution >= 4 is 39.8 Å². The molecule has 0 fully saturated rings. The van der Waals surface area contributed by atoms with Crippen LogP contribution in [-0.4, -0.2) is 44.5 Å². The minimum Gasteiger partial charge on any atom is -0.357 e. The van der Waals surface area contributed by atoms with Crippen molar-refractivity contribution in [1.82, 2.24) is 10.6 Å². The fraction of sp³-hybridized carbons (Fsp3) is 0.588. The molecule has 0 saturated heterocycles. The second kappa shape index (κ2) is 10.9. The van der Waals surface area contributed by atoms with E-state index in [4.69, 9.17) is 0 Å². The molecule has 25 heavy (non-hydrogen) atoms. The quantitative estimate of drug-likeness (QED) is 0.354. The van der Waals surface area contributed by atoms with Crippen LogP contribution in [0.1, 0.15) is 33.3 Å². The Kier molecular flexibility index (Phi) is 10.6. The van der Waals surface area contributed by atoms with Gasteiger partial charge in [0.15, 0.2) is 15.8 Å². The molecular formula is C17H29FIN3O2S. The van der Waals surface area contributed by atoms with Gasteiger partial charge in [-0.3, -0.25) is 4.99 Å². The molecule has 1 rings (SSSR count). The fourth-order valence-corrected chi connectivity index (χ4v) is 2.89. The molecule has 0 aliphatic heterocycles. The number of hydrogen-bond donors (Lipinski definition) is 2. The van der Waals surface area contributed by atoms with Crippen LogP contribution >= 0.6 is 24.0 Å². The Morgan fingerprint density at radius 2 is 1.84 bits per heavy atom. The van der Waals surface area contributed by atoms with Gasteiger partial charge < -0.3 is 10.6 Å². The Hall–Kier alpha value is -0.900. The van der Waals surface area contributed by atoms with Crippen LogP contribution in [0.25, 0.3) is 0 Å². The Balaban J connectivity index is 0.00000576. The Morgan fingerprint density at radius 1 is 1.20 bits per heavy atom. The predicted molar refractivity (Wildman–Crippen MR) is 113 cm³/mol. The van der Waals surface area contributed by atoms with E-state index in [-0.39, 0.29) is 42.1 Å². The van der Waals surface area contributed by atoms with Crippen molar-refractivity contribution in [2.45, 2.75) is 38.9 Å². The van der Waals surface area contributed by atoms with Crippen LogP contribution in [0.5, 0.6) is 0 Å². The molecule has 0 aliphatic rings. The summed E-state index contributed by atoms with van der Waals surface area (Å²) in [6, 6.07) is 6.64. The summed E-state index contributed by atoms with van der Waals surface area (Å²) in [6.45, 7) is 8.35. The van der Waals surface area contributed by atoms with Crippen molar-refractivity contribution < 1.29 is 12.8 Å². The van der Waals surface area contributed by atoms with E-state index in [1.807, 2.05) is 6.92 Å².